The molecule has 2 fully saturated rings. The Kier molecular flexibility index (Phi) is 1.57. The fraction of sp³-hybridized carbons (Fsp3) is 0.889. The molecule has 2 aliphatic heterocycles. The van der Waals surface area contributed by atoms with Gasteiger partial charge >= 0.3 is 0 Å². The van der Waals surface area contributed by atoms with Gasteiger partial charge in [-0.3, -0.25) is 0 Å². The summed E-state index contributed by atoms with van der Waals surface area (Å²) in [6.07, 6.45) is 2.26. The molecule has 2 unspecified atom stereocenters. The normalized spacial score (nSPS) is 44.3. The van der Waals surface area contributed by atoms with Gasteiger partial charge in [0.2, 0.25) is 0 Å². The Hall–Kier alpha value is -0.410. The fourth-order valence-electron chi connectivity index (χ4n) is 2.11. The van der Waals surface area contributed by atoms with E-state index in [0.29, 0.717) is 0 Å². The van der Waals surface area contributed by atoms with Crippen LogP contribution < -0.4 is 0 Å². The Morgan fingerprint density at radius 3 is 2.67 bits per heavy atom. The van der Waals surface area contributed by atoms with Crippen LogP contribution >= 0.6 is 0 Å². The van der Waals surface area contributed by atoms with E-state index in [4.69, 9.17) is 9.47 Å². The van der Waals surface area contributed by atoms with Crippen molar-refractivity contribution in [3.63, 3.8) is 0 Å². The Morgan fingerprint density at radius 2 is 2.17 bits per heavy atom. The lowest BCUT2D eigenvalue weighted by atomic mass is 9.86. The molecule has 0 aromatic carbocycles. The van der Waals surface area contributed by atoms with E-state index in [1.807, 2.05) is 13.8 Å². The van der Waals surface area contributed by atoms with Crippen LogP contribution in [-0.4, -0.2) is 30.2 Å². The van der Waals surface area contributed by atoms with Crippen LogP contribution in [0.5, 0.6) is 0 Å². The van der Waals surface area contributed by atoms with Gasteiger partial charge in [-0.1, -0.05) is 0 Å². The molecule has 0 aromatic rings. The molecule has 0 bridgehead atoms. The topological polar surface area (TPSA) is 38.8 Å². The van der Waals surface area contributed by atoms with Crippen LogP contribution in [-0.2, 0) is 14.3 Å². The third-order valence-corrected chi connectivity index (χ3v) is 2.50. The highest BCUT2D eigenvalue weighted by Gasteiger charge is 2.54. The largest absolute Gasteiger partial charge is 0.369 e. The van der Waals surface area contributed by atoms with Gasteiger partial charge in [0.1, 0.15) is 12.4 Å². The lowest BCUT2D eigenvalue weighted by Crippen LogP contribution is -2.44. The van der Waals surface area contributed by atoms with Crippen molar-refractivity contribution in [2.75, 3.05) is 6.61 Å². The van der Waals surface area contributed by atoms with Gasteiger partial charge in [-0.2, -0.15) is 0 Å². The first kappa shape index (κ1) is 8.20. The predicted molar refractivity (Wildman–Crippen MR) is 42.9 cm³/mol. The van der Waals surface area contributed by atoms with Crippen molar-refractivity contribution in [2.45, 2.75) is 44.0 Å². The van der Waals surface area contributed by atoms with Crippen molar-refractivity contribution in [3.05, 3.63) is 0 Å². The Bertz CT molecular complexity index is 200. The molecule has 12 heavy (non-hydrogen) atoms. The first-order valence-electron chi connectivity index (χ1n) is 4.32. The minimum absolute atomic E-state index is 0.0205. The summed E-state index contributed by atoms with van der Waals surface area (Å²) in [5.41, 5.74) is -0.229. The van der Waals surface area contributed by atoms with Gasteiger partial charge in [0.25, 0.3) is 0 Å². The van der Waals surface area contributed by atoms with Crippen LogP contribution in [0.15, 0.2) is 0 Å². The summed E-state index contributed by atoms with van der Waals surface area (Å²) in [6, 6.07) is 0. The maximum Gasteiger partial charge on any atom is 0.148 e. The maximum absolute atomic E-state index is 10.6. The molecular formula is C9H14O3. The number of aldehydes is 1. The first-order chi connectivity index (χ1) is 5.55. The number of carbonyl (C=O) groups excluding carboxylic acids is 1. The van der Waals surface area contributed by atoms with Gasteiger partial charge in [0.15, 0.2) is 0 Å². The molecule has 0 amide bonds. The zero-order chi connectivity index (χ0) is 8.82. The third-order valence-electron chi connectivity index (χ3n) is 2.50. The number of hydrogen-bond donors (Lipinski definition) is 0. The van der Waals surface area contributed by atoms with Crippen LogP contribution in [0.1, 0.15) is 26.7 Å². The van der Waals surface area contributed by atoms with Gasteiger partial charge in [-0.25, -0.2) is 0 Å². The highest BCUT2D eigenvalue weighted by atomic mass is 16.6. The van der Waals surface area contributed by atoms with Crippen molar-refractivity contribution < 1.29 is 14.3 Å². The molecule has 2 saturated heterocycles. The van der Waals surface area contributed by atoms with Crippen molar-refractivity contribution in [1.29, 1.82) is 0 Å². The molecule has 3 nitrogen and oxygen atoms in total. The van der Waals surface area contributed by atoms with E-state index in [1.165, 1.54) is 0 Å². The van der Waals surface area contributed by atoms with Gasteiger partial charge < -0.3 is 14.3 Å². The monoisotopic (exact) mass is 170 g/mol. The first-order valence-corrected chi connectivity index (χ1v) is 4.32. The van der Waals surface area contributed by atoms with Crippen molar-refractivity contribution in [3.8, 4) is 0 Å². The number of carbonyl (C=O) groups is 1. The smallest absolute Gasteiger partial charge is 0.148 e. The summed E-state index contributed by atoms with van der Waals surface area (Å²) in [5, 5.41) is 0. The summed E-state index contributed by atoms with van der Waals surface area (Å²) in [6.45, 7) is 4.81. The van der Waals surface area contributed by atoms with Crippen LogP contribution in [0.2, 0.25) is 0 Å². The van der Waals surface area contributed by atoms with Gasteiger partial charge in [-0.05, 0) is 13.8 Å². The second kappa shape index (κ2) is 2.30. The molecule has 0 aromatic heterocycles. The molecule has 0 saturated carbocycles. The lowest BCUT2D eigenvalue weighted by molar-refractivity contribution is -0.148. The minimum atomic E-state index is -0.267. The molecule has 1 spiro atoms. The highest BCUT2D eigenvalue weighted by molar-refractivity contribution is 5.56. The van der Waals surface area contributed by atoms with Crippen LogP contribution in [0.4, 0.5) is 0 Å². The van der Waals surface area contributed by atoms with Crippen molar-refractivity contribution in [1.82, 2.24) is 0 Å². The highest BCUT2D eigenvalue weighted by Crippen LogP contribution is 2.45. The van der Waals surface area contributed by atoms with E-state index in [0.717, 1.165) is 25.7 Å². The second-order valence-electron chi connectivity index (χ2n) is 4.40. The van der Waals surface area contributed by atoms with E-state index in [9.17, 15) is 4.79 Å². The van der Waals surface area contributed by atoms with Crippen LogP contribution in [0.25, 0.3) is 0 Å². The zero-order valence-electron chi connectivity index (χ0n) is 7.50. The van der Waals surface area contributed by atoms with Gasteiger partial charge in [-0.15, -0.1) is 0 Å². The molecule has 0 N–H and O–H groups in total. The van der Waals surface area contributed by atoms with Gasteiger partial charge in [0, 0.05) is 12.8 Å². The zero-order valence-corrected chi connectivity index (χ0v) is 7.50. The molecular weight excluding hydrogens is 156 g/mol. The molecule has 2 aliphatic rings. The second-order valence-corrected chi connectivity index (χ2v) is 4.40. The Labute approximate surface area is 72.0 Å². The summed E-state index contributed by atoms with van der Waals surface area (Å²) in [5.74, 6) is 0. The fourth-order valence-corrected chi connectivity index (χ4v) is 2.11. The average molecular weight is 170 g/mol. The summed E-state index contributed by atoms with van der Waals surface area (Å²) in [7, 11) is 0. The van der Waals surface area contributed by atoms with E-state index < -0.39 is 0 Å². The van der Waals surface area contributed by atoms with Crippen molar-refractivity contribution >= 4 is 6.29 Å². The average Bonchev–Trinajstić information content (AvgIpc) is 2.65. The standard InChI is InChI=1S/C9H14O3/c1-8(2)5-9(6-11-9)3-7(4-10)12-8/h4,7H,3,5-6H2,1-2H3. The molecule has 2 atom stereocenters. The number of epoxide rings is 1. The van der Waals surface area contributed by atoms with E-state index in [-0.39, 0.29) is 17.3 Å². The quantitative estimate of drug-likeness (QED) is 0.433. The Morgan fingerprint density at radius 1 is 1.50 bits per heavy atom. The summed E-state index contributed by atoms with van der Waals surface area (Å²) in [4.78, 5) is 10.6. The number of ether oxygens (including phenoxy) is 2. The van der Waals surface area contributed by atoms with E-state index in [1.54, 1.807) is 0 Å². The van der Waals surface area contributed by atoms with Crippen molar-refractivity contribution in [2.24, 2.45) is 0 Å². The van der Waals surface area contributed by atoms with Crippen LogP contribution in [0.3, 0.4) is 0 Å². The lowest BCUT2D eigenvalue weighted by Gasteiger charge is -2.37. The maximum atomic E-state index is 10.6. The molecule has 2 heterocycles. The predicted octanol–water partition coefficient (Wildman–Crippen LogP) is 0.912. The number of hydrogen-bond acceptors (Lipinski definition) is 3. The van der Waals surface area contributed by atoms with E-state index >= 15 is 0 Å². The molecule has 0 radical (unpaired) electrons. The van der Waals surface area contributed by atoms with E-state index in [2.05, 4.69) is 0 Å². The molecule has 2 rings (SSSR count). The van der Waals surface area contributed by atoms with Crippen LogP contribution in [0, 0.1) is 0 Å². The molecule has 0 aliphatic carbocycles. The third kappa shape index (κ3) is 1.39. The SMILES string of the molecule is CC1(C)CC2(CO2)CC(C=O)O1. The molecule has 3 heteroatoms. The molecule has 68 valence electrons. The minimum Gasteiger partial charge on any atom is -0.369 e. The number of rotatable bonds is 1. The summed E-state index contributed by atoms with van der Waals surface area (Å²) < 4.78 is 10.9. The summed E-state index contributed by atoms with van der Waals surface area (Å²) >= 11 is 0. The Balaban J connectivity index is 2.10. The van der Waals surface area contributed by atoms with Gasteiger partial charge in [0.05, 0.1) is 17.8 Å².